The van der Waals surface area contributed by atoms with E-state index >= 15 is 0 Å². The van der Waals surface area contributed by atoms with Gasteiger partial charge in [0.2, 0.25) is 5.76 Å². The highest BCUT2D eigenvalue weighted by Crippen LogP contribution is 2.35. The zero-order valence-electron chi connectivity index (χ0n) is 14.0. The van der Waals surface area contributed by atoms with Crippen LogP contribution in [0, 0.1) is 5.92 Å². The summed E-state index contributed by atoms with van der Waals surface area (Å²) in [5.74, 6) is -1.39. The predicted octanol–water partition coefficient (Wildman–Crippen LogP) is 3.16. The second-order valence-corrected chi connectivity index (χ2v) is 6.29. The maximum absolute atomic E-state index is 13.3. The fourth-order valence-electron chi connectivity index (χ4n) is 2.82. The van der Waals surface area contributed by atoms with Gasteiger partial charge in [-0.1, -0.05) is 6.92 Å². The molecule has 7 nitrogen and oxygen atoms in total. The molecule has 0 saturated carbocycles. The number of nitrogens with zero attached hydrogens (tertiary/aromatic N) is 3. The van der Waals surface area contributed by atoms with Crippen molar-refractivity contribution < 1.29 is 22.4 Å². The molecule has 3 heterocycles. The quantitative estimate of drug-likeness (QED) is 0.863. The van der Waals surface area contributed by atoms with Gasteiger partial charge in [-0.05, 0) is 30.9 Å². The second kappa shape index (κ2) is 6.85. The van der Waals surface area contributed by atoms with Crippen LogP contribution < -0.4 is 16.0 Å². The summed E-state index contributed by atoms with van der Waals surface area (Å²) in [5, 5.41) is 2.31. The number of amides is 1. The highest BCUT2D eigenvalue weighted by Gasteiger charge is 2.42. The Bertz CT molecular complexity index is 788. The molecule has 0 radical (unpaired) electrons. The number of halogens is 3. The van der Waals surface area contributed by atoms with Crippen LogP contribution in [0.5, 0.6) is 0 Å². The van der Waals surface area contributed by atoms with Crippen LogP contribution >= 0.6 is 0 Å². The molecule has 10 heteroatoms. The lowest BCUT2D eigenvalue weighted by Crippen LogP contribution is -2.34. The van der Waals surface area contributed by atoms with Crippen molar-refractivity contribution in [3.05, 3.63) is 29.8 Å². The summed E-state index contributed by atoms with van der Waals surface area (Å²) in [6.45, 7) is 3.06. The van der Waals surface area contributed by atoms with Crippen LogP contribution in [-0.2, 0) is 6.18 Å². The van der Waals surface area contributed by atoms with Gasteiger partial charge >= 0.3 is 6.18 Å². The van der Waals surface area contributed by atoms with E-state index in [1.54, 1.807) is 4.90 Å². The maximum Gasteiger partial charge on any atom is 0.437 e. The third-order valence-corrected chi connectivity index (χ3v) is 4.06. The lowest BCUT2D eigenvalue weighted by molar-refractivity contribution is -0.141. The van der Waals surface area contributed by atoms with Crippen molar-refractivity contribution in [2.45, 2.75) is 25.9 Å². The topological polar surface area (TPSA) is 97.3 Å². The summed E-state index contributed by atoms with van der Waals surface area (Å²) in [6.07, 6.45) is -1.76. The van der Waals surface area contributed by atoms with Crippen LogP contribution in [-0.4, -0.2) is 29.0 Å². The smallest absolute Gasteiger partial charge is 0.417 e. The fourth-order valence-corrected chi connectivity index (χ4v) is 2.82. The molecule has 1 amide bonds. The normalized spacial score (nSPS) is 18.0. The number of anilines is 3. The molecule has 1 unspecified atom stereocenters. The van der Waals surface area contributed by atoms with Crippen molar-refractivity contribution in [1.82, 2.24) is 9.97 Å². The molecule has 1 aliphatic heterocycles. The number of oxazole rings is 1. The number of hydrogen-bond acceptors (Lipinski definition) is 6. The number of aromatic nitrogens is 2. The van der Waals surface area contributed by atoms with Gasteiger partial charge in [0.1, 0.15) is 5.82 Å². The van der Waals surface area contributed by atoms with E-state index in [1.165, 1.54) is 18.3 Å². The van der Waals surface area contributed by atoms with E-state index in [1.807, 2.05) is 6.92 Å². The lowest BCUT2D eigenvalue weighted by atomic mass is 10.0. The van der Waals surface area contributed by atoms with Crippen molar-refractivity contribution in [3.8, 4) is 0 Å². The molecule has 1 atom stereocenters. The molecule has 0 spiro atoms. The Labute approximate surface area is 147 Å². The molecule has 1 fully saturated rings. The molecule has 3 N–H and O–H groups in total. The number of nitrogens with one attached hydrogen (secondary N) is 1. The minimum atomic E-state index is -4.81. The number of nitrogen functional groups attached to an aromatic ring is 1. The van der Waals surface area contributed by atoms with Crippen molar-refractivity contribution >= 4 is 23.4 Å². The lowest BCUT2D eigenvalue weighted by Gasteiger charge is -2.29. The predicted molar refractivity (Wildman–Crippen MR) is 88.7 cm³/mol. The standard InChI is InChI=1S/C16H18F3N5O2/c1-9-3-2-6-24(8-9)15-23-13(16(17,18)19)12(26-15)14(25)22-10-4-5-11(20)21-7-10/h4-5,7,9H,2-3,6,8H2,1H3,(H2,20,21)(H,22,25). The van der Waals surface area contributed by atoms with Crippen LogP contribution in [0.15, 0.2) is 22.7 Å². The fraction of sp³-hybridized carbons (Fsp3) is 0.438. The van der Waals surface area contributed by atoms with Crippen LogP contribution in [0.25, 0.3) is 0 Å². The van der Waals surface area contributed by atoms with Gasteiger partial charge in [-0.25, -0.2) is 4.98 Å². The van der Waals surface area contributed by atoms with Crippen molar-refractivity contribution in [2.24, 2.45) is 5.92 Å². The Balaban J connectivity index is 1.89. The van der Waals surface area contributed by atoms with Crippen molar-refractivity contribution in [2.75, 3.05) is 29.0 Å². The molecule has 3 rings (SSSR count). The van der Waals surface area contributed by atoms with Crippen LogP contribution in [0.2, 0.25) is 0 Å². The molecule has 26 heavy (non-hydrogen) atoms. The van der Waals surface area contributed by atoms with Gasteiger partial charge < -0.3 is 20.4 Å². The van der Waals surface area contributed by atoms with Gasteiger partial charge in [-0.2, -0.15) is 18.2 Å². The first kappa shape index (κ1) is 18.0. The van der Waals surface area contributed by atoms with E-state index in [0.717, 1.165) is 12.8 Å². The molecule has 2 aromatic rings. The first-order chi connectivity index (χ1) is 12.2. The third kappa shape index (κ3) is 3.89. The van der Waals surface area contributed by atoms with Gasteiger partial charge in [0.25, 0.3) is 11.9 Å². The number of nitrogens with two attached hydrogens (primary N) is 1. The zero-order valence-corrected chi connectivity index (χ0v) is 14.0. The Morgan fingerprint density at radius 2 is 2.19 bits per heavy atom. The molecule has 140 valence electrons. The first-order valence-electron chi connectivity index (χ1n) is 8.10. The minimum Gasteiger partial charge on any atom is -0.417 e. The Hall–Kier alpha value is -2.78. The number of piperidine rings is 1. The summed E-state index contributed by atoms with van der Waals surface area (Å²) >= 11 is 0. The van der Waals surface area contributed by atoms with E-state index in [2.05, 4.69) is 15.3 Å². The summed E-state index contributed by atoms with van der Waals surface area (Å²) in [7, 11) is 0. The van der Waals surface area contributed by atoms with Gasteiger partial charge in [0.05, 0.1) is 11.9 Å². The highest BCUT2D eigenvalue weighted by atomic mass is 19.4. The molecule has 1 saturated heterocycles. The SMILES string of the molecule is CC1CCCN(c2nc(C(F)(F)F)c(C(=O)Nc3ccc(N)nc3)o2)C1. The summed E-state index contributed by atoms with van der Waals surface area (Å²) in [6, 6.07) is 2.66. The Kier molecular flexibility index (Phi) is 4.75. The van der Waals surface area contributed by atoms with Gasteiger partial charge in [0, 0.05) is 13.1 Å². The Morgan fingerprint density at radius 1 is 1.42 bits per heavy atom. The number of carbonyl (C=O) groups excluding carboxylic acids is 1. The van der Waals surface area contributed by atoms with E-state index in [9.17, 15) is 18.0 Å². The molecule has 0 aromatic carbocycles. The monoisotopic (exact) mass is 369 g/mol. The third-order valence-electron chi connectivity index (χ3n) is 4.06. The van der Waals surface area contributed by atoms with Crippen LogP contribution in [0.3, 0.4) is 0 Å². The van der Waals surface area contributed by atoms with Crippen LogP contribution in [0.4, 0.5) is 30.7 Å². The van der Waals surface area contributed by atoms with Gasteiger partial charge in [-0.15, -0.1) is 0 Å². The number of hydrogen-bond donors (Lipinski definition) is 2. The zero-order chi connectivity index (χ0) is 18.9. The summed E-state index contributed by atoms with van der Waals surface area (Å²) < 4.78 is 45.1. The summed E-state index contributed by atoms with van der Waals surface area (Å²) in [5.41, 5.74) is 4.30. The molecule has 0 bridgehead atoms. The number of rotatable bonds is 3. The molecule has 0 aliphatic carbocycles. The molecular weight excluding hydrogens is 351 g/mol. The Morgan fingerprint density at radius 3 is 2.81 bits per heavy atom. The largest absolute Gasteiger partial charge is 0.437 e. The van der Waals surface area contributed by atoms with Gasteiger partial charge in [-0.3, -0.25) is 4.79 Å². The van der Waals surface area contributed by atoms with E-state index in [4.69, 9.17) is 10.2 Å². The second-order valence-electron chi connectivity index (χ2n) is 6.29. The van der Waals surface area contributed by atoms with E-state index in [-0.39, 0.29) is 17.5 Å². The highest BCUT2D eigenvalue weighted by molar-refractivity contribution is 6.03. The van der Waals surface area contributed by atoms with Gasteiger partial charge in [0.15, 0.2) is 5.69 Å². The van der Waals surface area contributed by atoms with E-state index in [0.29, 0.717) is 19.0 Å². The first-order valence-corrected chi connectivity index (χ1v) is 8.10. The average Bonchev–Trinajstić information content (AvgIpc) is 3.03. The number of alkyl halides is 3. The van der Waals surface area contributed by atoms with Crippen molar-refractivity contribution in [1.29, 1.82) is 0 Å². The van der Waals surface area contributed by atoms with E-state index < -0.39 is 23.5 Å². The molecule has 2 aromatic heterocycles. The molecular formula is C16H18F3N5O2. The average molecular weight is 369 g/mol. The van der Waals surface area contributed by atoms with Crippen molar-refractivity contribution in [3.63, 3.8) is 0 Å². The number of carbonyl (C=O) groups is 1. The minimum absolute atomic E-state index is 0.190. The number of pyridine rings is 1. The molecule has 1 aliphatic rings. The summed E-state index contributed by atoms with van der Waals surface area (Å²) in [4.78, 5) is 21.3. The van der Waals surface area contributed by atoms with Crippen LogP contribution in [0.1, 0.15) is 36.0 Å². The maximum atomic E-state index is 13.3.